The molecule has 0 radical (unpaired) electrons. The molecule has 2 heterocycles. The molecule has 2 aromatic rings. The summed E-state index contributed by atoms with van der Waals surface area (Å²) in [4.78, 5) is 6.53. The van der Waals surface area contributed by atoms with Crippen molar-refractivity contribution in [1.82, 2.24) is 4.98 Å². The van der Waals surface area contributed by atoms with Crippen molar-refractivity contribution in [3.63, 3.8) is 0 Å². The zero-order chi connectivity index (χ0) is 12.7. The molecule has 1 fully saturated rings. The van der Waals surface area contributed by atoms with E-state index in [0.717, 1.165) is 24.1 Å². The van der Waals surface area contributed by atoms with Crippen LogP contribution in [0.4, 0.5) is 11.7 Å². The van der Waals surface area contributed by atoms with Crippen LogP contribution in [-0.2, 0) is 4.74 Å². The van der Waals surface area contributed by atoms with Gasteiger partial charge in [-0.05, 0) is 31.5 Å². The average Bonchev–Trinajstić information content (AvgIpc) is 2.93. The fraction of sp³-hybridized carbons (Fsp3) is 0.462. The van der Waals surface area contributed by atoms with E-state index in [1.807, 2.05) is 30.1 Å². The number of benzene rings is 1. The van der Waals surface area contributed by atoms with Gasteiger partial charge in [0.1, 0.15) is 5.52 Å². The Kier molecular flexibility index (Phi) is 2.63. The molecule has 1 aromatic heterocycles. The second-order valence-corrected chi connectivity index (χ2v) is 4.77. The van der Waals surface area contributed by atoms with Crippen LogP contribution in [0.2, 0.25) is 0 Å². The van der Waals surface area contributed by atoms with Crippen LogP contribution in [0.15, 0.2) is 22.6 Å². The van der Waals surface area contributed by atoms with E-state index in [-0.39, 0.29) is 6.10 Å². The van der Waals surface area contributed by atoms with Gasteiger partial charge in [0.15, 0.2) is 5.58 Å². The molecular formula is C13H17N3O2. The van der Waals surface area contributed by atoms with E-state index in [1.54, 1.807) is 0 Å². The predicted molar refractivity (Wildman–Crippen MR) is 70.6 cm³/mol. The normalized spacial score (nSPS) is 23.7. The summed E-state index contributed by atoms with van der Waals surface area (Å²) in [6.07, 6.45) is 1.20. The van der Waals surface area contributed by atoms with Gasteiger partial charge in [-0.3, -0.25) is 0 Å². The summed E-state index contributed by atoms with van der Waals surface area (Å²) in [5.74, 6) is 0. The van der Waals surface area contributed by atoms with Crippen LogP contribution in [-0.4, -0.2) is 30.8 Å². The van der Waals surface area contributed by atoms with Gasteiger partial charge >= 0.3 is 0 Å². The third kappa shape index (κ3) is 1.80. The number of fused-ring (bicyclic) bond motifs is 1. The Morgan fingerprint density at radius 3 is 3.00 bits per heavy atom. The van der Waals surface area contributed by atoms with Crippen molar-refractivity contribution in [1.29, 1.82) is 0 Å². The number of rotatable bonds is 2. The van der Waals surface area contributed by atoms with Gasteiger partial charge in [-0.2, -0.15) is 4.98 Å². The number of nitrogen functional groups attached to an aromatic ring is 1. The second-order valence-electron chi connectivity index (χ2n) is 4.77. The molecule has 1 saturated heterocycles. The van der Waals surface area contributed by atoms with E-state index in [9.17, 15) is 0 Å². The quantitative estimate of drug-likeness (QED) is 0.822. The molecule has 18 heavy (non-hydrogen) atoms. The van der Waals surface area contributed by atoms with Gasteiger partial charge < -0.3 is 19.8 Å². The van der Waals surface area contributed by atoms with Crippen LogP contribution in [0.3, 0.4) is 0 Å². The zero-order valence-corrected chi connectivity index (χ0v) is 10.6. The Hall–Kier alpha value is -1.75. The Bertz CT molecular complexity index is 566. The molecule has 5 heteroatoms. The molecule has 3 rings (SSSR count). The highest BCUT2D eigenvalue weighted by Crippen LogP contribution is 2.27. The van der Waals surface area contributed by atoms with Gasteiger partial charge in [-0.15, -0.1) is 0 Å². The fourth-order valence-electron chi connectivity index (χ4n) is 2.45. The van der Waals surface area contributed by atoms with Crippen molar-refractivity contribution < 1.29 is 9.15 Å². The van der Waals surface area contributed by atoms with Crippen LogP contribution in [0.5, 0.6) is 0 Å². The zero-order valence-electron chi connectivity index (χ0n) is 10.6. The lowest BCUT2D eigenvalue weighted by Crippen LogP contribution is -2.36. The van der Waals surface area contributed by atoms with Crippen LogP contribution in [0.25, 0.3) is 11.1 Å². The molecule has 0 bridgehead atoms. The number of oxazole rings is 1. The van der Waals surface area contributed by atoms with E-state index >= 15 is 0 Å². The maximum Gasteiger partial charge on any atom is 0.298 e. The van der Waals surface area contributed by atoms with Gasteiger partial charge in [0, 0.05) is 19.3 Å². The van der Waals surface area contributed by atoms with E-state index in [0.29, 0.717) is 17.7 Å². The highest BCUT2D eigenvalue weighted by molar-refractivity contribution is 5.78. The molecule has 2 N–H and O–H groups in total. The summed E-state index contributed by atoms with van der Waals surface area (Å²) in [5.41, 5.74) is 7.99. The summed E-state index contributed by atoms with van der Waals surface area (Å²) in [5, 5.41) is 0. The minimum Gasteiger partial charge on any atom is -0.423 e. The summed E-state index contributed by atoms with van der Waals surface area (Å²) < 4.78 is 11.3. The van der Waals surface area contributed by atoms with Gasteiger partial charge in [0.2, 0.25) is 0 Å². The first-order chi connectivity index (χ1) is 8.65. The molecule has 1 aromatic carbocycles. The third-order valence-corrected chi connectivity index (χ3v) is 3.54. The number of nitrogens with zero attached hydrogens (tertiary/aromatic N) is 2. The average molecular weight is 247 g/mol. The molecule has 1 aliphatic rings. The lowest BCUT2D eigenvalue weighted by atomic mass is 10.1. The molecule has 0 saturated carbocycles. The third-order valence-electron chi connectivity index (χ3n) is 3.54. The molecule has 1 aliphatic heterocycles. The summed E-state index contributed by atoms with van der Waals surface area (Å²) in [6.45, 7) is 2.87. The summed E-state index contributed by atoms with van der Waals surface area (Å²) in [6, 6.07) is 6.43. The fourth-order valence-corrected chi connectivity index (χ4v) is 2.45. The lowest BCUT2D eigenvalue weighted by Gasteiger charge is -2.24. The van der Waals surface area contributed by atoms with Crippen molar-refractivity contribution in [2.75, 3.05) is 24.3 Å². The van der Waals surface area contributed by atoms with Crippen molar-refractivity contribution in [2.24, 2.45) is 0 Å². The second kappa shape index (κ2) is 4.17. The first-order valence-corrected chi connectivity index (χ1v) is 6.15. The monoisotopic (exact) mass is 247 g/mol. The van der Waals surface area contributed by atoms with Gasteiger partial charge in [0.25, 0.3) is 6.01 Å². The van der Waals surface area contributed by atoms with Gasteiger partial charge in [-0.25, -0.2) is 0 Å². The highest BCUT2D eigenvalue weighted by atomic mass is 16.5. The molecular weight excluding hydrogens is 230 g/mol. The molecule has 96 valence electrons. The first kappa shape index (κ1) is 11.3. The lowest BCUT2D eigenvalue weighted by molar-refractivity contribution is 0.117. The van der Waals surface area contributed by atoms with Crippen LogP contribution in [0.1, 0.15) is 13.3 Å². The molecule has 0 spiro atoms. The molecule has 5 nitrogen and oxygen atoms in total. The minimum absolute atomic E-state index is 0.204. The number of hydrogen-bond acceptors (Lipinski definition) is 5. The highest BCUT2D eigenvalue weighted by Gasteiger charge is 2.30. The largest absolute Gasteiger partial charge is 0.423 e. The predicted octanol–water partition coefficient (Wildman–Crippen LogP) is 2.02. The number of likely N-dealkylation sites (N-methyl/N-ethyl adjacent to an activating group) is 1. The maximum atomic E-state index is 5.75. The van der Waals surface area contributed by atoms with Crippen molar-refractivity contribution >= 4 is 22.8 Å². The number of anilines is 2. The van der Waals surface area contributed by atoms with Crippen LogP contribution >= 0.6 is 0 Å². The van der Waals surface area contributed by atoms with E-state index < -0.39 is 0 Å². The Labute approximate surface area is 106 Å². The molecule has 2 unspecified atom stereocenters. The van der Waals surface area contributed by atoms with Crippen LogP contribution in [0, 0.1) is 0 Å². The van der Waals surface area contributed by atoms with E-state index in [2.05, 4.69) is 11.9 Å². The Morgan fingerprint density at radius 2 is 2.28 bits per heavy atom. The maximum absolute atomic E-state index is 5.75. The molecule has 0 aliphatic carbocycles. The van der Waals surface area contributed by atoms with Crippen molar-refractivity contribution in [3.8, 4) is 0 Å². The topological polar surface area (TPSA) is 64.5 Å². The Morgan fingerprint density at radius 1 is 1.44 bits per heavy atom. The number of ether oxygens (including phenoxy) is 1. The van der Waals surface area contributed by atoms with Crippen molar-refractivity contribution in [3.05, 3.63) is 18.2 Å². The summed E-state index contributed by atoms with van der Waals surface area (Å²) >= 11 is 0. The van der Waals surface area contributed by atoms with E-state index in [1.165, 1.54) is 0 Å². The number of hydrogen-bond donors (Lipinski definition) is 1. The smallest absolute Gasteiger partial charge is 0.298 e. The molecule has 0 amide bonds. The summed E-state index contributed by atoms with van der Waals surface area (Å²) in [7, 11) is 1.99. The number of aromatic nitrogens is 1. The SMILES string of the molecule is CC1OCCC1N(C)c1nc2cc(N)ccc2o1. The standard InChI is InChI=1S/C13H17N3O2/c1-8-11(5-6-17-8)16(2)13-15-10-7-9(14)3-4-12(10)18-13/h3-4,7-8,11H,5-6,14H2,1-2H3. The van der Waals surface area contributed by atoms with E-state index in [4.69, 9.17) is 14.9 Å². The molecule has 2 atom stereocenters. The van der Waals surface area contributed by atoms with Gasteiger partial charge in [0.05, 0.1) is 12.1 Å². The minimum atomic E-state index is 0.204. The Balaban J connectivity index is 1.93. The van der Waals surface area contributed by atoms with Gasteiger partial charge in [-0.1, -0.05) is 0 Å². The van der Waals surface area contributed by atoms with Crippen LogP contribution < -0.4 is 10.6 Å². The van der Waals surface area contributed by atoms with Crippen molar-refractivity contribution in [2.45, 2.75) is 25.5 Å². The first-order valence-electron chi connectivity index (χ1n) is 6.15. The number of nitrogens with two attached hydrogens (primary N) is 1.